The maximum absolute atomic E-state index is 10.3. The normalized spacial score (nSPS) is 9.92. The summed E-state index contributed by atoms with van der Waals surface area (Å²) >= 11 is 2.01. The van der Waals surface area contributed by atoms with Gasteiger partial charge >= 0.3 is 5.97 Å². The number of phenolic OH excluding ortho intramolecular Hbond substituents is 1. The fourth-order valence-corrected chi connectivity index (χ4v) is 1.54. The Morgan fingerprint density at radius 3 is 2.69 bits per heavy atom. The van der Waals surface area contributed by atoms with Crippen molar-refractivity contribution in [2.45, 2.75) is 12.8 Å². The molecule has 1 aromatic rings. The average molecular weight is 290 g/mol. The number of carbonyl (C=O) groups is 1. The number of hydrogen-bond donors (Lipinski definition) is 2. The highest BCUT2D eigenvalue weighted by Gasteiger charge is 2.01. The molecule has 0 aliphatic carbocycles. The molecule has 0 unspecified atom stereocenters. The largest absolute Gasteiger partial charge is 0.507 e. The lowest BCUT2D eigenvalue weighted by atomic mass is 10.1. The minimum atomic E-state index is -0.803. The number of aromatic hydroxyl groups is 1. The predicted molar refractivity (Wildman–Crippen MR) is 56.8 cm³/mol. The lowest BCUT2D eigenvalue weighted by molar-refractivity contribution is -0.136. The molecule has 0 atom stereocenters. The Morgan fingerprint density at radius 1 is 1.46 bits per heavy atom. The number of carboxylic acid groups (broad SMARTS) is 1. The van der Waals surface area contributed by atoms with Crippen LogP contribution in [0.5, 0.6) is 5.75 Å². The van der Waals surface area contributed by atoms with E-state index in [4.69, 9.17) is 5.11 Å². The number of rotatable bonds is 3. The molecule has 0 saturated heterocycles. The van der Waals surface area contributed by atoms with E-state index in [1.165, 1.54) is 0 Å². The van der Waals surface area contributed by atoms with E-state index in [1.54, 1.807) is 18.2 Å². The summed E-state index contributed by atoms with van der Waals surface area (Å²) in [7, 11) is 0. The van der Waals surface area contributed by atoms with Crippen LogP contribution in [0.25, 0.3) is 0 Å². The van der Waals surface area contributed by atoms with Crippen LogP contribution < -0.4 is 0 Å². The maximum Gasteiger partial charge on any atom is 0.303 e. The molecule has 0 bridgehead atoms. The summed E-state index contributed by atoms with van der Waals surface area (Å²) in [5.41, 5.74) is 0.935. The van der Waals surface area contributed by atoms with E-state index in [9.17, 15) is 9.90 Å². The van der Waals surface area contributed by atoms with Crippen LogP contribution in [0.3, 0.4) is 0 Å². The highest BCUT2D eigenvalue weighted by atomic mass is 125. The third-order valence-electron chi connectivity index (χ3n) is 1.64. The van der Waals surface area contributed by atoms with Crippen LogP contribution >= 0.6 is 22.6 Å². The summed E-state index contributed by atoms with van der Waals surface area (Å²) in [5.74, 6) is -0.567. The molecule has 0 amide bonds. The molecule has 0 aliphatic heterocycles. The molecule has 0 aliphatic rings. The van der Waals surface area contributed by atoms with Crippen LogP contribution in [0.4, 0.5) is 0 Å². The molecular weight excluding hydrogens is 281 g/mol. The van der Waals surface area contributed by atoms with E-state index in [1.807, 2.05) is 22.6 Å². The molecule has 0 fully saturated rings. The van der Waals surface area contributed by atoms with E-state index in [-0.39, 0.29) is 12.2 Å². The standard InChI is InChI=1S/C9H9IO3/c10-7-5-6(1-3-8(7)11)2-4-9(12)13/h1,3,5,11H,2,4H2,(H,12,13)/i10-2. The quantitative estimate of drug-likeness (QED) is 0.837. The van der Waals surface area contributed by atoms with Gasteiger partial charge in [0.2, 0.25) is 0 Å². The van der Waals surface area contributed by atoms with Crippen LogP contribution in [0.15, 0.2) is 18.2 Å². The Bertz CT molecular complexity index is 323. The number of benzene rings is 1. The molecule has 0 aromatic heterocycles. The van der Waals surface area contributed by atoms with Crippen molar-refractivity contribution in [2.75, 3.05) is 0 Å². The van der Waals surface area contributed by atoms with Gasteiger partial charge in [0.15, 0.2) is 0 Å². The van der Waals surface area contributed by atoms with Crippen LogP contribution in [0, 0.1) is 3.57 Å². The number of carboxylic acids is 1. The summed E-state index contributed by atoms with van der Waals surface area (Å²) in [4.78, 5) is 10.3. The Hall–Kier alpha value is -0.780. The monoisotopic (exact) mass is 290 g/mol. The van der Waals surface area contributed by atoms with Crippen molar-refractivity contribution in [3.05, 3.63) is 27.3 Å². The van der Waals surface area contributed by atoms with Gasteiger partial charge < -0.3 is 10.2 Å². The van der Waals surface area contributed by atoms with Crippen molar-refractivity contribution < 1.29 is 15.0 Å². The fraction of sp³-hybridized carbons (Fsp3) is 0.222. The highest BCUT2D eigenvalue weighted by Crippen LogP contribution is 2.20. The number of phenols is 1. The molecule has 3 nitrogen and oxygen atoms in total. The van der Waals surface area contributed by atoms with Crippen molar-refractivity contribution in [1.29, 1.82) is 0 Å². The van der Waals surface area contributed by atoms with Gasteiger partial charge in [0.1, 0.15) is 5.75 Å². The molecule has 1 aromatic carbocycles. The second-order valence-electron chi connectivity index (χ2n) is 2.68. The summed E-state index contributed by atoms with van der Waals surface area (Å²) in [6, 6.07) is 5.11. The Morgan fingerprint density at radius 2 is 2.15 bits per heavy atom. The lowest BCUT2D eigenvalue weighted by Gasteiger charge is -2.01. The fourth-order valence-electron chi connectivity index (χ4n) is 0.957. The first kappa shape index (κ1) is 10.3. The van der Waals surface area contributed by atoms with Crippen LogP contribution in [-0.2, 0) is 11.2 Å². The Kier molecular flexibility index (Phi) is 3.53. The molecule has 70 valence electrons. The topological polar surface area (TPSA) is 57.5 Å². The zero-order valence-corrected chi connectivity index (χ0v) is 8.98. The van der Waals surface area contributed by atoms with E-state index >= 15 is 0 Å². The minimum absolute atomic E-state index is 0.126. The van der Waals surface area contributed by atoms with Gasteiger partial charge in [-0.3, -0.25) is 4.79 Å². The minimum Gasteiger partial charge on any atom is -0.507 e. The third-order valence-corrected chi connectivity index (χ3v) is 2.50. The van der Waals surface area contributed by atoms with E-state index in [2.05, 4.69) is 0 Å². The zero-order valence-electron chi connectivity index (χ0n) is 6.83. The van der Waals surface area contributed by atoms with Gasteiger partial charge in [0.05, 0.1) is 3.57 Å². The van der Waals surface area contributed by atoms with Crippen LogP contribution in [0.2, 0.25) is 0 Å². The highest BCUT2D eigenvalue weighted by molar-refractivity contribution is 14.1. The van der Waals surface area contributed by atoms with Crippen molar-refractivity contribution in [1.82, 2.24) is 0 Å². The molecule has 4 heteroatoms. The molecule has 0 saturated carbocycles. The first-order valence-electron chi connectivity index (χ1n) is 3.79. The van der Waals surface area contributed by atoms with Crippen molar-refractivity contribution in [3.8, 4) is 5.75 Å². The Labute approximate surface area is 89.5 Å². The van der Waals surface area contributed by atoms with Crippen molar-refractivity contribution >= 4 is 28.6 Å². The first-order valence-corrected chi connectivity index (χ1v) is 4.86. The molecule has 0 heterocycles. The molecule has 0 radical (unpaired) electrons. The van der Waals surface area contributed by atoms with Gasteiger partial charge in [-0.2, -0.15) is 0 Å². The van der Waals surface area contributed by atoms with Crippen molar-refractivity contribution in [2.24, 2.45) is 0 Å². The average Bonchev–Trinajstić information content (AvgIpc) is 2.07. The molecular formula is C9H9IO3. The van der Waals surface area contributed by atoms with Gasteiger partial charge in [-0.15, -0.1) is 0 Å². The van der Waals surface area contributed by atoms with Gasteiger partial charge in [-0.05, 0) is 46.7 Å². The molecule has 13 heavy (non-hydrogen) atoms. The lowest BCUT2D eigenvalue weighted by Crippen LogP contribution is -1.97. The maximum atomic E-state index is 10.3. The van der Waals surface area contributed by atoms with Gasteiger partial charge in [-0.1, -0.05) is 6.07 Å². The van der Waals surface area contributed by atoms with Gasteiger partial charge in [0.25, 0.3) is 0 Å². The summed E-state index contributed by atoms with van der Waals surface area (Å²) in [6.07, 6.45) is 0.631. The predicted octanol–water partition coefficient (Wildman–Crippen LogP) is 2.01. The van der Waals surface area contributed by atoms with E-state index in [0.717, 1.165) is 9.13 Å². The zero-order chi connectivity index (χ0) is 9.84. The van der Waals surface area contributed by atoms with Crippen molar-refractivity contribution in [3.63, 3.8) is 0 Å². The van der Waals surface area contributed by atoms with Gasteiger partial charge in [-0.25, -0.2) is 0 Å². The number of aryl methyl sites for hydroxylation is 1. The second-order valence-corrected chi connectivity index (χ2v) is 3.84. The van der Waals surface area contributed by atoms with Crippen LogP contribution in [0.1, 0.15) is 12.0 Å². The van der Waals surface area contributed by atoms with Gasteiger partial charge in [0, 0.05) is 6.42 Å². The molecule has 1 rings (SSSR count). The van der Waals surface area contributed by atoms with E-state index in [0.29, 0.717) is 6.42 Å². The molecule has 2 N–H and O–H groups in total. The second kappa shape index (κ2) is 4.45. The number of halogens is 1. The first-order chi connectivity index (χ1) is 6.09. The SMILES string of the molecule is O=C(O)CCc1ccc(O)c([125I])c1. The smallest absolute Gasteiger partial charge is 0.303 e. The van der Waals surface area contributed by atoms with Crippen LogP contribution in [-0.4, -0.2) is 16.2 Å². The summed E-state index contributed by atoms with van der Waals surface area (Å²) in [5, 5.41) is 17.6. The number of aliphatic carboxylic acids is 1. The number of hydrogen-bond acceptors (Lipinski definition) is 2. The molecule has 0 spiro atoms. The Balaban J connectivity index is 2.68. The third kappa shape index (κ3) is 3.22. The summed E-state index contributed by atoms with van der Waals surface area (Å²) < 4.78 is 0.750. The van der Waals surface area contributed by atoms with E-state index < -0.39 is 5.97 Å². The summed E-state index contributed by atoms with van der Waals surface area (Å²) in [6.45, 7) is 0.